The summed E-state index contributed by atoms with van der Waals surface area (Å²) in [7, 11) is 0. The van der Waals surface area contributed by atoms with E-state index in [1.54, 1.807) is 18.2 Å². The zero-order valence-electron chi connectivity index (χ0n) is 28.3. The quantitative estimate of drug-likeness (QED) is 0.0703. The van der Waals surface area contributed by atoms with Crippen LogP contribution in [-0.4, -0.2) is 50.4 Å². The molecule has 2 aromatic heterocycles. The molecule has 53 heavy (non-hydrogen) atoms. The van der Waals surface area contributed by atoms with E-state index in [0.29, 0.717) is 53.2 Å². The Morgan fingerprint density at radius 3 is 2.30 bits per heavy atom. The summed E-state index contributed by atoms with van der Waals surface area (Å²) in [6.07, 6.45) is 2.95. The minimum absolute atomic E-state index is 0.102. The molecule has 270 valence electrons. The van der Waals surface area contributed by atoms with Gasteiger partial charge in [-0.25, -0.2) is 9.97 Å². The molecule has 4 heterocycles. The van der Waals surface area contributed by atoms with Crippen molar-refractivity contribution >= 4 is 86.0 Å². The van der Waals surface area contributed by atoms with Crippen LogP contribution in [-0.2, 0) is 25.7 Å². The number of fused-ring (bicyclic) bond motifs is 1. The van der Waals surface area contributed by atoms with Crippen molar-refractivity contribution in [3.8, 4) is 22.0 Å². The molecule has 1 unspecified atom stereocenters. The fourth-order valence-electron chi connectivity index (χ4n) is 6.22. The summed E-state index contributed by atoms with van der Waals surface area (Å²) >= 11 is 8.99. The van der Waals surface area contributed by atoms with Crippen LogP contribution in [0.3, 0.4) is 0 Å². The number of thiazole rings is 2. The van der Waals surface area contributed by atoms with E-state index in [1.807, 2.05) is 59.3 Å². The standard InChI is InChI=1S/C38H34ClN7O5S2/c39-23-11-15-25(16-12-23)41-38-44-30(21-53-38)36-43-29(20-52-36)22-9-13-24(14-10-22)40-32(47)7-2-1-3-8-33(48)42-28-6-4-5-26-27(28)19-46(37(26)51)31-17-18-34(49)45-35(31)50/h4-6,9-16,20-21,31H,1-3,7-8,17-19H2,(H,40,47)(H,41,44)(H,42,48)(H,45,49,50). The van der Waals surface area contributed by atoms with Crippen molar-refractivity contribution in [1.29, 1.82) is 0 Å². The number of amides is 5. The van der Waals surface area contributed by atoms with Gasteiger partial charge >= 0.3 is 0 Å². The maximum Gasteiger partial charge on any atom is 0.255 e. The fourth-order valence-corrected chi connectivity index (χ4v) is 7.93. The van der Waals surface area contributed by atoms with E-state index in [-0.39, 0.29) is 49.4 Å². The monoisotopic (exact) mass is 767 g/mol. The van der Waals surface area contributed by atoms with E-state index in [2.05, 4.69) is 26.3 Å². The number of nitrogens with zero attached hydrogens (tertiary/aromatic N) is 3. The molecule has 12 nitrogen and oxygen atoms in total. The molecule has 0 bridgehead atoms. The van der Waals surface area contributed by atoms with Crippen LogP contribution >= 0.6 is 34.3 Å². The summed E-state index contributed by atoms with van der Waals surface area (Å²) in [5.41, 5.74) is 5.78. The van der Waals surface area contributed by atoms with Crippen LogP contribution in [0, 0.1) is 0 Å². The van der Waals surface area contributed by atoms with Gasteiger partial charge in [0.2, 0.25) is 23.6 Å². The summed E-state index contributed by atoms with van der Waals surface area (Å²) in [6.45, 7) is 0.180. The second kappa shape index (κ2) is 16.1. The summed E-state index contributed by atoms with van der Waals surface area (Å²) in [6, 6.07) is 19.4. The molecule has 3 aromatic carbocycles. The fraction of sp³-hybridized carbons (Fsp3) is 0.237. The van der Waals surface area contributed by atoms with Crippen molar-refractivity contribution in [2.24, 2.45) is 0 Å². The van der Waals surface area contributed by atoms with Crippen molar-refractivity contribution in [1.82, 2.24) is 20.2 Å². The third-order valence-corrected chi connectivity index (χ3v) is 10.8. The van der Waals surface area contributed by atoms with Gasteiger partial charge in [0.25, 0.3) is 5.91 Å². The largest absolute Gasteiger partial charge is 0.332 e. The van der Waals surface area contributed by atoms with Gasteiger partial charge in [-0.1, -0.05) is 36.2 Å². The van der Waals surface area contributed by atoms with Gasteiger partial charge in [0.1, 0.15) is 16.7 Å². The Labute approximate surface area is 318 Å². The van der Waals surface area contributed by atoms with Crippen molar-refractivity contribution in [2.75, 3.05) is 16.0 Å². The van der Waals surface area contributed by atoms with Crippen LogP contribution in [0.4, 0.5) is 22.2 Å². The molecular formula is C38H34ClN7O5S2. The first-order valence-corrected chi connectivity index (χ1v) is 19.2. The summed E-state index contributed by atoms with van der Waals surface area (Å²) in [5.74, 6) is -1.41. The summed E-state index contributed by atoms with van der Waals surface area (Å²) in [5, 5.41) is 17.6. The molecule has 7 rings (SSSR count). The third-order valence-electron chi connectivity index (χ3n) is 8.95. The van der Waals surface area contributed by atoms with E-state index in [1.165, 1.54) is 27.6 Å². The predicted octanol–water partition coefficient (Wildman–Crippen LogP) is 7.62. The van der Waals surface area contributed by atoms with Gasteiger partial charge in [-0.05, 0) is 67.8 Å². The van der Waals surface area contributed by atoms with E-state index in [4.69, 9.17) is 16.6 Å². The van der Waals surface area contributed by atoms with Crippen LogP contribution < -0.4 is 21.3 Å². The minimum Gasteiger partial charge on any atom is -0.332 e. The number of anilines is 4. The normalized spacial score (nSPS) is 15.2. The number of rotatable bonds is 13. The molecule has 1 saturated heterocycles. The zero-order chi connectivity index (χ0) is 36.9. The first-order chi connectivity index (χ1) is 25.7. The Balaban J connectivity index is 0.827. The Morgan fingerprint density at radius 2 is 1.55 bits per heavy atom. The second-order valence-electron chi connectivity index (χ2n) is 12.7. The van der Waals surface area contributed by atoms with Crippen LogP contribution in [0.2, 0.25) is 5.02 Å². The topological polar surface area (TPSA) is 162 Å². The molecule has 5 amide bonds. The molecule has 1 atom stereocenters. The first kappa shape index (κ1) is 35.9. The average Bonchev–Trinajstić information content (AvgIpc) is 3.90. The van der Waals surface area contributed by atoms with Crippen LogP contribution in [0.5, 0.6) is 0 Å². The number of piperidine rings is 1. The average molecular weight is 768 g/mol. The number of carbonyl (C=O) groups is 5. The maximum atomic E-state index is 13.1. The van der Waals surface area contributed by atoms with Gasteiger partial charge in [-0.15, -0.1) is 22.7 Å². The Bertz CT molecular complexity index is 2190. The van der Waals surface area contributed by atoms with Gasteiger partial charge in [0.05, 0.1) is 5.69 Å². The van der Waals surface area contributed by atoms with Crippen molar-refractivity contribution < 1.29 is 24.0 Å². The first-order valence-electron chi connectivity index (χ1n) is 17.1. The SMILES string of the molecule is O=C1CCC(N2Cc3c(NC(=O)CCCCCC(=O)Nc4ccc(-c5csc(-c6csc(Nc7ccc(Cl)cc7)n6)n5)cc4)cccc3C2=O)C(=O)N1. The molecule has 0 aliphatic carbocycles. The van der Waals surface area contributed by atoms with Gasteiger partial charge in [-0.3, -0.25) is 29.3 Å². The lowest BCUT2D eigenvalue weighted by Crippen LogP contribution is -2.52. The van der Waals surface area contributed by atoms with Crippen molar-refractivity contribution in [2.45, 2.75) is 57.5 Å². The van der Waals surface area contributed by atoms with Crippen molar-refractivity contribution in [3.63, 3.8) is 0 Å². The number of nitrogens with one attached hydrogen (secondary N) is 4. The van der Waals surface area contributed by atoms with Crippen molar-refractivity contribution in [3.05, 3.63) is 93.6 Å². The van der Waals surface area contributed by atoms with E-state index in [9.17, 15) is 24.0 Å². The summed E-state index contributed by atoms with van der Waals surface area (Å²) in [4.78, 5) is 73.3. The molecule has 4 N–H and O–H groups in total. The molecule has 1 fully saturated rings. The third kappa shape index (κ3) is 8.62. The highest BCUT2D eigenvalue weighted by Gasteiger charge is 2.40. The smallest absolute Gasteiger partial charge is 0.255 e. The number of unbranched alkanes of at least 4 members (excludes halogenated alkanes) is 2. The number of hydrogen-bond acceptors (Lipinski definition) is 10. The number of imide groups is 1. The molecule has 15 heteroatoms. The maximum absolute atomic E-state index is 13.1. The molecular weight excluding hydrogens is 734 g/mol. The Hall–Kier alpha value is -5.44. The molecule has 2 aliphatic heterocycles. The highest BCUT2D eigenvalue weighted by Crippen LogP contribution is 2.34. The molecule has 2 aliphatic rings. The lowest BCUT2D eigenvalue weighted by Gasteiger charge is -2.29. The zero-order valence-corrected chi connectivity index (χ0v) is 30.7. The lowest BCUT2D eigenvalue weighted by molar-refractivity contribution is -0.137. The molecule has 0 spiro atoms. The van der Waals surface area contributed by atoms with Crippen LogP contribution in [0.15, 0.2) is 77.5 Å². The highest BCUT2D eigenvalue weighted by molar-refractivity contribution is 7.15. The number of benzene rings is 3. The Kier molecular flexibility index (Phi) is 10.9. The number of hydrogen-bond donors (Lipinski definition) is 4. The van der Waals surface area contributed by atoms with Crippen LogP contribution in [0.25, 0.3) is 22.0 Å². The van der Waals surface area contributed by atoms with Gasteiger partial charge in [0, 0.05) is 75.3 Å². The molecule has 5 aromatic rings. The van der Waals surface area contributed by atoms with E-state index < -0.39 is 11.9 Å². The second-order valence-corrected chi connectivity index (χ2v) is 14.8. The van der Waals surface area contributed by atoms with Gasteiger partial charge in [-0.2, -0.15) is 0 Å². The number of aromatic nitrogens is 2. The number of halogens is 1. The lowest BCUT2D eigenvalue weighted by atomic mass is 10.0. The van der Waals surface area contributed by atoms with Gasteiger partial charge in [0.15, 0.2) is 5.13 Å². The molecule has 0 radical (unpaired) electrons. The van der Waals surface area contributed by atoms with Gasteiger partial charge < -0.3 is 20.9 Å². The van der Waals surface area contributed by atoms with E-state index in [0.717, 1.165) is 32.8 Å². The van der Waals surface area contributed by atoms with Crippen LogP contribution in [0.1, 0.15) is 60.9 Å². The Morgan fingerprint density at radius 1 is 0.830 bits per heavy atom. The molecule has 0 saturated carbocycles. The minimum atomic E-state index is -0.722. The summed E-state index contributed by atoms with van der Waals surface area (Å²) < 4.78 is 0. The predicted molar refractivity (Wildman–Crippen MR) is 206 cm³/mol. The number of carbonyl (C=O) groups excluding carboxylic acids is 5. The van der Waals surface area contributed by atoms with E-state index >= 15 is 0 Å². The highest BCUT2D eigenvalue weighted by atomic mass is 35.5.